The summed E-state index contributed by atoms with van der Waals surface area (Å²) >= 11 is 0. The van der Waals surface area contributed by atoms with Crippen molar-refractivity contribution in [3.05, 3.63) is 47.1 Å². The van der Waals surface area contributed by atoms with Crippen LogP contribution in [0.1, 0.15) is 41.6 Å². The molecule has 1 saturated heterocycles. The van der Waals surface area contributed by atoms with Crippen molar-refractivity contribution in [1.82, 2.24) is 15.5 Å². The molecule has 1 fully saturated rings. The van der Waals surface area contributed by atoms with Crippen molar-refractivity contribution in [3.63, 3.8) is 0 Å². The lowest BCUT2D eigenvalue weighted by atomic mass is 9.83. The van der Waals surface area contributed by atoms with Crippen LogP contribution in [0.3, 0.4) is 0 Å². The van der Waals surface area contributed by atoms with Gasteiger partial charge in [-0.15, -0.1) is 0 Å². The van der Waals surface area contributed by atoms with Gasteiger partial charge in [0.05, 0.1) is 0 Å². The summed E-state index contributed by atoms with van der Waals surface area (Å²) in [6.07, 6.45) is 5.43. The number of benzene rings is 1. The monoisotopic (exact) mass is 283 g/mol. The highest BCUT2D eigenvalue weighted by atomic mass is 16.5. The fourth-order valence-corrected chi connectivity index (χ4v) is 3.57. The molecule has 2 atom stereocenters. The van der Waals surface area contributed by atoms with Gasteiger partial charge in [0.15, 0.2) is 5.82 Å². The maximum absolute atomic E-state index is 5.48. The van der Waals surface area contributed by atoms with E-state index in [9.17, 15) is 0 Å². The Balaban J connectivity index is 1.46. The van der Waals surface area contributed by atoms with Crippen LogP contribution in [0.2, 0.25) is 0 Å². The number of rotatable bonds is 3. The maximum atomic E-state index is 5.48. The highest BCUT2D eigenvalue weighted by molar-refractivity contribution is 5.31. The first kappa shape index (κ1) is 13.0. The van der Waals surface area contributed by atoms with Gasteiger partial charge in [0.2, 0.25) is 5.89 Å². The van der Waals surface area contributed by atoms with Gasteiger partial charge >= 0.3 is 0 Å². The zero-order valence-corrected chi connectivity index (χ0v) is 12.2. The van der Waals surface area contributed by atoms with Crippen LogP contribution in [0, 0.1) is 5.92 Å². The molecule has 0 saturated carbocycles. The molecule has 1 aromatic heterocycles. The standard InChI is InChI=1S/C17H21N3O/c1-2-4-14-10-15(6-5-13(14)3-1)17-19-16(21-20-17)9-12-7-8-18-11-12/h1-4,12,15,18H,5-11H2. The number of nitrogens with one attached hydrogen (secondary N) is 1. The van der Waals surface area contributed by atoms with Gasteiger partial charge in [-0.25, -0.2) is 0 Å². The van der Waals surface area contributed by atoms with E-state index in [0.29, 0.717) is 11.8 Å². The molecule has 1 N–H and O–H groups in total. The van der Waals surface area contributed by atoms with Crippen LogP contribution < -0.4 is 5.32 Å². The van der Waals surface area contributed by atoms with Crippen molar-refractivity contribution in [2.24, 2.45) is 5.92 Å². The van der Waals surface area contributed by atoms with Crippen LogP contribution in [-0.2, 0) is 19.3 Å². The second kappa shape index (κ2) is 5.60. The second-order valence-electron chi connectivity index (χ2n) is 6.32. The lowest BCUT2D eigenvalue weighted by molar-refractivity contribution is 0.349. The Morgan fingerprint density at radius 3 is 2.95 bits per heavy atom. The molecule has 2 aliphatic rings. The Kier molecular flexibility index (Phi) is 3.47. The van der Waals surface area contributed by atoms with E-state index >= 15 is 0 Å². The molecule has 0 amide bonds. The van der Waals surface area contributed by atoms with Gasteiger partial charge in [-0.1, -0.05) is 29.4 Å². The normalized spacial score (nSPS) is 25.0. The summed E-state index contributed by atoms with van der Waals surface area (Å²) in [4.78, 5) is 4.66. The first-order valence-corrected chi connectivity index (χ1v) is 7.98. The summed E-state index contributed by atoms with van der Waals surface area (Å²) in [5, 5.41) is 7.63. The Bertz CT molecular complexity index is 616. The zero-order chi connectivity index (χ0) is 14.1. The summed E-state index contributed by atoms with van der Waals surface area (Å²) in [6.45, 7) is 2.19. The van der Waals surface area contributed by atoms with Crippen LogP contribution in [0.5, 0.6) is 0 Å². The molecule has 1 aliphatic carbocycles. The van der Waals surface area contributed by atoms with Crippen molar-refractivity contribution >= 4 is 0 Å². The van der Waals surface area contributed by atoms with Crippen molar-refractivity contribution in [2.45, 2.75) is 38.0 Å². The van der Waals surface area contributed by atoms with Gasteiger partial charge in [-0.2, -0.15) is 4.98 Å². The third-order valence-corrected chi connectivity index (χ3v) is 4.82. The Hall–Kier alpha value is -1.68. The molecule has 21 heavy (non-hydrogen) atoms. The number of hydrogen-bond acceptors (Lipinski definition) is 4. The van der Waals surface area contributed by atoms with Crippen molar-refractivity contribution < 1.29 is 4.52 Å². The average molecular weight is 283 g/mol. The summed E-state index contributed by atoms with van der Waals surface area (Å²) in [6, 6.07) is 8.71. The fraction of sp³-hybridized carbons (Fsp3) is 0.529. The first-order chi connectivity index (χ1) is 10.4. The van der Waals surface area contributed by atoms with Crippen LogP contribution in [0.25, 0.3) is 0 Å². The quantitative estimate of drug-likeness (QED) is 0.940. The summed E-state index contributed by atoms with van der Waals surface area (Å²) in [5.74, 6) is 2.80. The maximum Gasteiger partial charge on any atom is 0.226 e. The minimum absolute atomic E-state index is 0.416. The third kappa shape index (κ3) is 2.72. The van der Waals surface area contributed by atoms with Crippen LogP contribution >= 0.6 is 0 Å². The minimum atomic E-state index is 0.416. The topological polar surface area (TPSA) is 51.0 Å². The number of hydrogen-bond donors (Lipinski definition) is 1. The largest absolute Gasteiger partial charge is 0.339 e. The lowest BCUT2D eigenvalue weighted by Crippen LogP contribution is -2.14. The molecule has 2 aromatic rings. The molecule has 2 unspecified atom stereocenters. The molecular weight excluding hydrogens is 262 g/mol. The smallest absolute Gasteiger partial charge is 0.226 e. The summed E-state index contributed by atoms with van der Waals surface area (Å²) in [5.41, 5.74) is 2.93. The molecule has 1 aromatic carbocycles. The van der Waals surface area contributed by atoms with E-state index in [1.165, 1.54) is 17.5 Å². The van der Waals surface area contributed by atoms with E-state index in [1.807, 2.05) is 0 Å². The molecule has 4 heteroatoms. The summed E-state index contributed by atoms with van der Waals surface area (Å²) < 4.78 is 5.48. The predicted octanol–water partition coefficient (Wildman–Crippen LogP) is 2.49. The van der Waals surface area contributed by atoms with Gasteiger partial charge in [-0.3, -0.25) is 0 Å². The SMILES string of the molecule is c1ccc2c(c1)CCC(c1noc(CC3CCNC3)n1)C2. The number of aryl methyl sites for hydroxylation is 1. The number of fused-ring (bicyclic) bond motifs is 1. The van der Waals surface area contributed by atoms with Crippen LogP contribution in [-0.4, -0.2) is 23.2 Å². The predicted molar refractivity (Wildman–Crippen MR) is 80.2 cm³/mol. The van der Waals surface area contributed by atoms with Crippen LogP contribution in [0.15, 0.2) is 28.8 Å². The molecule has 4 nitrogen and oxygen atoms in total. The van der Waals surface area contributed by atoms with E-state index in [-0.39, 0.29) is 0 Å². The van der Waals surface area contributed by atoms with Gasteiger partial charge < -0.3 is 9.84 Å². The summed E-state index contributed by atoms with van der Waals surface area (Å²) in [7, 11) is 0. The van der Waals surface area contributed by atoms with E-state index < -0.39 is 0 Å². The Morgan fingerprint density at radius 1 is 1.19 bits per heavy atom. The zero-order valence-electron chi connectivity index (χ0n) is 12.2. The molecule has 0 bridgehead atoms. The highest BCUT2D eigenvalue weighted by Gasteiger charge is 2.25. The minimum Gasteiger partial charge on any atom is -0.339 e. The van der Waals surface area contributed by atoms with Gasteiger partial charge in [0, 0.05) is 12.3 Å². The molecule has 1 aliphatic heterocycles. The van der Waals surface area contributed by atoms with E-state index in [0.717, 1.165) is 50.5 Å². The first-order valence-electron chi connectivity index (χ1n) is 7.98. The fourth-order valence-electron chi connectivity index (χ4n) is 3.57. The van der Waals surface area contributed by atoms with Crippen molar-refractivity contribution in [3.8, 4) is 0 Å². The van der Waals surface area contributed by atoms with E-state index in [4.69, 9.17) is 4.52 Å². The molecule has 110 valence electrons. The molecule has 2 heterocycles. The van der Waals surface area contributed by atoms with E-state index in [2.05, 4.69) is 39.7 Å². The Morgan fingerprint density at radius 2 is 2.10 bits per heavy atom. The second-order valence-corrected chi connectivity index (χ2v) is 6.32. The van der Waals surface area contributed by atoms with Crippen LogP contribution in [0.4, 0.5) is 0 Å². The van der Waals surface area contributed by atoms with Crippen molar-refractivity contribution in [1.29, 1.82) is 0 Å². The number of nitrogens with zero attached hydrogens (tertiary/aromatic N) is 2. The average Bonchev–Trinajstić information content (AvgIpc) is 3.19. The Labute approximate surface area is 124 Å². The highest BCUT2D eigenvalue weighted by Crippen LogP contribution is 2.31. The molecule has 0 spiro atoms. The third-order valence-electron chi connectivity index (χ3n) is 4.82. The molecule has 4 rings (SSSR count). The van der Waals surface area contributed by atoms with E-state index in [1.54, 1.807) is 0 Å². The van der Waals surface area contributed by atoms with Crippen molar-refractivity contribution in [2.75, 3.05) is 13.1 Å². The van der Waals surface area contributed by atoms with Gasteiger partial charge in [0.25, 0.3) is 0 Å². The van der Waals surface area contributed by atoms with Gasteiger partial charge in [0.1, 0.15) is 0 Å². The molecular formula is C17H21N3O. The number of aromatic nitrogens is 2. The van der Waals surface area contributed by atoms with Gasteiger partial charge in [-0.05, 0) is 55.8 Å². The molecule has 0 radical (unpaired) electrons. The lowest BCUT2D eigenvalue weighted by Gasteiger charge is -2.21.